The molecule has 2 aliphatic carbocycles. The van der Waals surface area contributed by atoms with Crippen molar-refractivity contribution in [3.05, 3.63) is 42.1 Å². The Morgan fingerprint density at radius 1 is 1.41 bits per heavy atom. The summed E-state index contributed by atoms with van der Waals surface area (Å²) in [5, 5.41) is 11.2. The minimum Gasteiger partial charge on any atom is -0.348 e. The Morgan fingerprint density at radius 3 is 3.03 bits per heavy atom. The minimum absolute atomic E-state index is 0.0374. The zero-order valence-electron chi connectivity index (χ0n) is 18.5. The number of hydrogen-bond donors (Lipinski definition) is 3. The van der Waals surface area contributed by atoms with Crippen molar-refractivity contribution in [1.29, 1.82) is 5.41 Å². The average Bonchev–Trinajstić information content (AvgIpc) is 3.69. The summed E-state index contributed by atoms with van der Waals surface area (Å²) in [4.78, 5) is 19.1. The third-order valence-corrected chi connectivity index (χ3v) is 7.44. The van der Waals surface area contributed by atoms with E-state index in [-0.39, 0.29) is 29.4 Å². The average molecular weight is 453 g/mol. The van der Waals surface area contributed by atoms with Gasteiger partial charge in [0.25, 0.3) is 0 Å². The van der Waals surface area contributed by atoms with E-state index in [0.717, 1.165) is 37.3 Å². The van der Waals surface area contributed by atoms with Crippen molar-refractivity contribution in [2.75, 3.05) is 16.8 Å². The maximum absolute atomic E-state index is 12.8. The van der Waals surface area contributed by atoms with E-state index >= 15 is 0 Å². The second-order valence-electron chi connectivity index (χ2n) is 9.66. The fourth-order valence-electron chi connectivity index (χ4n) is 5.02. The number of hydrogen-bond acceptors (Lipinski definition) is 6. The van der Waals surface area contributed by atoms with Crippen LogP contribution in [-0.2, 0) is 9.53 Å². The molecule has 1 aromatic rings. The van der Waals surface area contributed by atoms with E-state index in [1.54, 1.807) is 6.20 Å². The van der Waals surface area contributed by atoms with Gasteiger partial charge in [-0.05, 0) is 62.5 Å². The van der Waals surface area contributed by atoms with Crippen LogP contribution in [0, 0.1) is 23.2 Å². The van der Waals surface area contributed by atoms with Crippen molar-refractivity contribution in [3.8, 4) is 0 Å². The highest BCUT2D eigenvalue weighted by molar-refractivity contribution is 7.81. The van der Waals surface area contributed by atoms with Gasteiger partial charge in [0.2, 0.25) is 5.91 Å². The van der Waals surface area contributed by atoms with Crippen molar-refractivity contribution in [1.82, 2.24) is 4.98 Å². The summed E-state index contributed by atoms with van der Waals surface area (Å²) in [5.41, 5.74) is 2.79. The number of allylic oxidation sites excluding steroid dienone is 3. The number of rotatable bonds is 9. The Balaban J connectivity index is 1.15. The number of carbonyl (C=O) groups excluding carboxylic acids is 1. The second-order valence-corrected chi connectivity index (χ2v) is 10.3. The Hall–Kier alpha value is -2.12. The monoisotopic (exact) mass is 452 g/mol. The molecule has 1 saturated carbocycles. The van der Waals surface area contributed by atoms with Crippen molar-refractivity contribution < 1.29 is 9.53 Å². The number of ether oxygens (including phenoxy) is 1. The van der Waals surface area contributed by atoms with Crippen LogP contribution in [0.5, 0.6) is 0 Å². The molecule has 32 heavy (non-hydrogen) atoms. The van der Waals surface area contributed by atoms with Gasteiger partial charge >= 0.3 is 0 Å². The molecule has 0 aromatic carbocycles. The number of amides is 1. The first kappa shape index (κ1) is 21.7. The summed E-state index contributed by atoms with van der Waals surface area (Å²) in [6.07, 6.45) is 14.6. The largest absolute Gasteiger partial charge is 0.348 e. The van der Waals surface area contributed by atoms with E-state index in [9.17, 15) is 4.79 Å². The SMILES string of the molecule is CC(=N)CC(S)C1=CC(CC2OC2Nc2cc(N3CCC(C4CC4)C3=O)ccn2)CC=C1. The van der Waals surface area contributed by atoms with Gasteiger partial charge in [0.05, 0.1) is 0 Å². The highest BCUT2D eigenvalue weighted by atomic mass is 32.1. The highest BCUT2D eigenvalue weighted by Crippen LogP contribution is 2.43. The molecule has 0 bridgehead atoms. The van der Waals surface area contributed by atoms with Gasteiger partial charge in [-0.15, -0.1) is 0 Å². The number of anilines is 2. The Labute approximate surface area is 195 Å². The lowest BCUT2D eigenvalue weighted by Crippen LogP contribution is -2.27. The van der Waals surface area contributed by atoms with Crippen LogP contribution in [0.25, 0.3) is 0 Å². The third kappa shape index (κ3) is 4.94. The van der Waals surface area contributed by atoms with Gasteiger partial charge in [0.1, 0.15) is 11.9 Å². The molecular weight excluding hydrogens is 420 g/mol. The number of nitrogens with zero attached hydrogens (tertiary/aromatic N) is 2. The summed E-state index contributed by atoms with van der Waals surface area (Å²) in [6.45, 7) is 2.63. The molecule has 0 spiro atoms. The standard InChI is InChI=1S/C25H32N4O2S/c1-15(26)11-22(32)18-4-2-3-16(12-18)13-21-24(31-21)28-23-14-19(7-9-27-23)29-10-8-20(25(29)30)17-5-6-17/h2,4,7,9,12,14,16-17,20-22,24,26,32H,3,5-6,8,10-11,13H2,1H3,(H,27,28). The van der Waals surface area contributed by atoms with E-state index in [4.69, 9.17) is 10.1 Å². The lowest BCUT2D eigenvalue weighted by molar-refractivity contribution is -0.120. The Morgan fingerprint density at radius 2 is 2.25 bits per heavy atom. The lowest BCUT2D eigenvalue weighted by atomic mass is 9.90. The van der Waals surface area contributed by atoms with Crippen molar-refractivity contribution in [2.24, 2.45) is 17.8 Å². The van der Waals surface area contributed by atoms with Gasteiger partial charge in [0, 0.05) is 47.8 Å². The van der Waals surface area contributed by atoms with E-state index in [1.165, 1.54) is 18.4 Å². The van der Waals surface area contributed by atoms with Crippen molar-refractivity contribution in [2.45, 2.75) is 63.0 Å². The molecule has 1 amide bonds. The number of epoxide rings is 1. The van der Waals surface area contributed by atoms with Gasteiger partial charge in [-0.2, -0.15) is 12.6 Å². The molecule has 4 aliphatic rings. The van der Waals surface area contributed by atoms with Crippen LogP contribution in [0.1, 0.15) is 45.4 Å². The van der Waals surface area contributed by atoms with Crippen LogP contribution in [0.3, 0.4) is 0 Å². The molecule has 2 N–H and O–H groups in total. The molecule has 2 aliphatic heterocycles. The molecule has 3 fully saturated rings. The summed E-state index contributed by atoms with van der Waals surface area (Å²) < 4.78 is 5.89. The number of aromatic nitrogens is 1. The van der Waals surface area contributed by atoms with Gasteiger partial charge in [-0.1, -0.05) is 18.2 Å². The molecule has 0 radical (unpaired) electrons. The summed E-state index contributed by atoms with van der Waals surface area (Å²) in [7, 11) is 0. The van der Waals surface area contributed by atoms with Gasteiger partial charge in [-0.25, -0.2) is 4.98 Å². The van der Waals surface area contributed by atoms with Gasteiger partial charge < -0.3 is 20.4 Å². The topological polar surface area (TPSA) is 81.6 Å². The molecule has 2 saturated heterocycles. The summed E-state index contributed by atoms with van der Waals surface area (Å²) in [5.74, 6) is 2.29. The smallest absolute Gasteiger partial charge is 0.230 e. The van der Waals surface area contributed by atoms with Crippen LogP contribution in [0.4, 0.5) is 11.5 Å². The lowest BCUT2D eigenvalue weighted by Gasteiger charge is -2.20. The van der Waals surface area contributed by atoms with Crippen molar-refractivity contribution in [3.63, 3.8) is 0 Å². The van der Waals surface area contributed by atoms with Crippen LogP contribution in [0.2, 0.25) is 0 Å². The molecule has 7 heteroatoms. The molecule has 6 nitrogen and oxygen atoms in total. The number of thiol groups is 1. The predicted molar refractivity (Wildman–Crippen MR) is 130 cm³/mol. The fourth-order valence-corrected chi connectivity index (χ4v) is 5.47. The van der Waals surface area contributed by atoms with E-state index in [0.29, 0.717) is 24.0 Å². The minimum atomic E-state index is -0.0374. The first-order chi connectivity index (χ1) is 15.5. The zero-order valence-corrected chi connectivity index (χ0v) is 19.4. The zero-order chi connectivity index (χ0) is 22.2. The van der Waals surface area contributed by atoms with Crippen LogP contribution >= 0.6 is 12.6 Å². The number of carbonyl (C=O) groups is 1. The Bertz CT molecular complexity index is 957. The summed E-state index contributed by atoms with van der Waals surface area (Å²) >= 11 is 4.68. The second kappa shape index (κ2) is 9.02. The highest BCUT2D eigenvalue weighted by Gasteiger charge is 2.43. The molecule has 5 atom stereocenters. The van der Waals surface area contributed by atoms with Crippen LogP contribution < -0.4 is 10.2 Å². The van der Waals surface area contributed by atoms with Crippen LogP contribution in [0.15, 0.2) is 42.1 Å². The quantitative estimate of drug-likeness (QED) is 0.290. The first-order valence-corrected chi connectivity index (χ1v) is 12.3. The normalized spacial score (nSPS) is 30.2. The van der Waals surface area contributed by atoms with Gasteiger partial charge in [-0.3, -0.25) is 4.79 Å². The van der Waals surface area contributed by atoms with E-state index in [1.807, 2.05) is 24.0 Å². The van der Waals surface area contributed by atoms with Crippen LogP contribution in [-0.4, -0.2) is 40.7 Å². The maximum Gasteiger partial charge on any atom is 0.230 e. The van der Waals surface area contributed by atoms with Crippen molar-refractivity contribution >= 4 is 35.8 Å². The molecule has 1 aromatic heterocycles. The molecule has 5 rings (SSSR count). The first-order valence-electron chi connectivity index (χ1n) is 11.8. The van der Waals surface area contributed by atoms with E-state index < -0.39 is 0 Å². The van der Waals surface area contributed by atoms with E-state index in [2.05, 4.69) is 41.2 Å². The maximum atomic E-state index is 12.8. The number of nitrogens with one attached hydrogen (secondary N) is 2. The molecule has 5 unspecified atom stereocenters. The predicted octanol–water partition coefficient (Wildman–Crippen LogP) is 4.60. The molecular formula is C25H32N4O2S. The third-order valence-electron chi connectivity index (χ3n) is 6.96. The Kier molecular flexibility index (Phi) is 6.12. The summed E-state index contributed by atoms with van der Waals surface area (Å²) in [6, 6.07) is 3.90. The fraction of sp³-hybridized carbons (Fsp3) is 0.560. The molecule has 3 heterocycles. The number of pyridine rings is 1. The van der Waals surface area contributed by atoms with Gasteiger partial charge in [0.15, 0.2) is 6.23 Å². The molecule has 170 valence electrons.